The van der Waals surface area contributed by atoms with Gasteiger partial charge in [0.2, 0.25) is 0 Å². The number of aliphatic hydroxyl groups excluding tert-OH is 1. The van der Waals surface area contributed by atoms with Crippen molar-refractivity contribution < 1.29 is 5.11 Å². The Bertz CT molecular complexity index is 612. The van der Waals surface area contributed by atoms with Crippen LogP contribution in [0.5, 0.6) is 0 Å². The van der Waals surface area contributed by atoms with Crippen molar-refractivity contribution in [2.45, 2.75) is 37.1 Å². The molecule has 106 valence electrons. The monoisotopic (exact) mass is 309 g/mol. The molecule has 0 aliphatic heterocycles. The van der Waals surface area contributed by atoms with Crippen LogP contribution in [-0.4, -0.2) is 25.6 Å². The van der Waals surface area contributed by atoms with Crippen LogP contribution < -0.4 is 0 Å². The van der Waals surface area contributed by atoms with E-state index < -0.39 is 6.10 Å². The lowest BCUT2D eigenvalue weighted by molar-refractivity contribution is 0.204. The maximum absolute atomic E-state index is 10.2. The van der Waals surface area contributed by atoms with Crippen molar-refractivity contribution in [3.05, 3.63) is 40.7 Å². The van der Waals surface area contributed by atoms with Crippen molar-refractivity contribution in [3.63, 3.8) is 0 Å². The molecular formula is C14H16ClN3OS. The first-order valence-electron chi connectivity index (χ1n) is 6.63. The van der Waals surface area contributed by atoms with Gasteiger partial charge in [-0.3, -0.25) is 0 Å². The Morgan fingerprint density at radius 3 is 2.95 bits per heavy atom. The van der Waals surface area contributed by atoms with Crippen molar-refractivity contribution in [1.29, 1.82) is 0 Å². The van der Waals surface area contributed by atoms with E-state index >= 15 is 0 Å². The van der Waals surface area contributed by atoms with Gasteiger partial charge in [0, 0.05) is 16.8 Å². The molecule has 0 spiro atoms. The first kappa shape index (κ1) is 13.9. The molecule has 1 fully saturated rings. The summed E-state index contributed by atoms with van der Waals surface area (Å²) in [6, 6.07) is 7.88. The van der Waals surface area contributed by atoms with Crippen LogP contribution in [0.2, 0.25) is 5.02 Å². The Kier molecular flexibility index (Phi) is 4.01. The molecular weight excluding hydrogens is 294 g/mol. The summed E-state index contributed by atoms with van der Waals surface area (Å²) >= 11 is 7.48. The number of nitrogens with zero attached hydrogens (tertiary/aromatic N) is 3. The molecule has 1 aromatic heterocycles. The van der Waals surface area contributed by atoms with Gasteiger partial charge in [-0.05, 0) is 37.5 Å². The Balaban J connectivity index is 1.67. The zero-order valence-corrected chi connectivity index (χ0v) is 12.7. The van der Waals surface area contributed by atoms with Crippen LogP contribution >= 0.6 is 23.4 Å². The predicted molar refractivity (Wildman–Crippen MR) is 80.2 cm³/mol. The first-order valence-corrected chi connectivity index (χ1v) is 7.99. The highest BCUT2D eigenvalue weighted by Crippen LogP contribution is 2.39. The molecule has 0 unspecified atom stereocenters. The standard InChI is InChI=1S/C14H16ClN3OS/c1-9-16-17-14(18(9)12-5-6-12)20-8-13(19)10-3-2-4-11(15)7-10/h2-4,7,12-13,19H,5-6,8H2,1H3/t13-/m1/s1. The Hall–Kier alpha value is -1.04. The van der Waals surface area contributed by atoms with Crippen LogP contribution in [0.15, 0.2) is 29.4 Å². The minimum absolute atomic E-state index is 0.547. The lowest BCUT2D eigenvalue weighted by atomic mass is 10.1. The summed E-state index contributed by atoms with van der Waals surface area (Å²) in [5.41, 5.74) is 0.833. The van der Waals surface area contributed by atoms with E-state index in [4.69, 9.17) is 11.6 Å². The van der Waals surface area contributed by atoms with Crippen molar-refractivity contribution in [3.8, 4) is 0 Å². The van der Waals surface area contributed by atoms with Crippen LogP contribution in [0, 0.1) is 6.92 Å². The molecule has 0 saturated heterocycles. The number of benzene rings is 1. The van der Waals surface area contributed by atoms with Gasteiger partial charge in [-0.15, -0.1) is 10.2 Å². The van der Waals surface area contributed by atoms with E-state index in [9.17, 15) is 5.11 Å². The van der Waals surface area contributed by atoms with E-state index in [2.05, 4.69) is 14.8 Å². The van der Waals surface area contributed by atoms with Gasteiger partial charge in [0.1, 0.15) is 5.82 Å². The van der Waals surface area contributed by atoms with Gasteiger partial charge >= 0.3 is 0 Å². The molecule has 1 heterocycles. The highest BCUT2D eigenvalue weighted by atomic mass is 35.5. The first-order chi connectivity index (χ1) is 9.65. The number of aryl methyl sites for hydroxylation is 1. The summed E-state index contributed by atoms with van der Waals surface area (Å²) in [6.45, 7) is 1.97. The van der Waals surface area contributed by atoms with Crippen LogP contribution in [-0.2, 0) is 0 Å². The van der Waals surface area contributed by atoms with Crippen LogP contribution in [0.3, 0.4) is 0 Å². The molecule has 0 amide bonds. The van der Waals surface area contributed by atoms with Crippen LogP contribution in [0.1, 0.15) is 36.4 Å². The maximum Gasteiger partial charge on any atom is 0.191 e. The molecule has 2 aromatic rings. The molecule has 6 heteroatoms. The summed E-state index contributed by atoms with van der Waals surface area (Å²) in [7, 11) is 0. The molecule has 1 saturated carbocycles. The van der Waals surface area contributed by atoms with E-state index in [1.54, 1.807) is 23.9 Å². The highest BCUT2D eigenvalue weighted by molar-refractivity contribution is 7.99. The van der Waals surface area contributed by atoms with Crippen molar-refractivity contribution in [1.82, 2.24) is 14.8 Å². The largest absolute Gasteiger partial charge is 0.388 e. The maximum atomic E-state index is 10.2. The molecule has 20 heavy (non-hydrogen) atoms. The fraction of sp³-hybridized carbons (Fsp3) is 0.429. The number of aromatic nitrogens is 3. The van der Waals surface area contributed by atoms with Crippen molar-refractivity contribution in [2.24, 2.45) is 0 Å². The highest BCUT2D eigenvalue weighted by Gasteiger charge is 2.28. The SMILES string of the molecule is Cc1nnc(SC[C@@H](O)c2cccc(Cl)c2)n1C1CC1. The number of hydrogen-bond donors (Lipinski definition) is 1. The topological polar surface area (TPSA) is 50.9 Å². The zero-order chi connectivity index (χ0) is 14.1. The minimum Gasteiger partial charge on any atom is -0.388 e. The molecule has 1 aliphatic rings. The van der Waals surface area contributed by atoms with E-state index in [0.717, 1.165) is 16.5 Å². The van der Waals surface area contributed by atoms with Crippen LogP contribution in [0.4, 0.5) is 0 Å². The van der Waals surface area contributed by atoms with Gasteiger partial charge < -0.3 is 9.67 Å². The van der Waals surface area contributed by atoms with Gasteiger partial charge in [0.25, 0.3) is 0 Å². The van der Waals surface area contributed by atoms with Gasteiger partial charge in [-0.1, -0.05) is 35.5 Å². The number of aliphatic hydroxyl groups is 1. The van der Waals surface area contributed by atoms with Gasteiger partial charge in [-0.25, -0.2) is 0 Å². The third-order valence-electron chi connectivity index (χ3n) is 3.35. The smallest absolute Gasteiger partial charge is 0.191 e. The fourth-order valence-corrected chi connectivity index (χ4v) is 3.38. The average Bonchev–Trinajstić information content (AvgIpc) is 3.20. The van der Waals surface area contributed by atoms with Crippen molar-refractivity contribution >= 4 is 23.4 Å². The Labute approximate surface area is 127 Å². The summed E-state index contributed by atoms with van der Waals surface area (Å²) < 4.78 is 2.18. The average molecular weight is 310 g/mol. The van der Waals surface area contributed by atoms with E-state index in [0.29, 0.717) is 16.8 Å². The molecule has 4 nitrogen and oxygen atoms in total. The second-order valence-corrected chi connectivity index (χ2v) is 6.44. The third-order valence-corrected chi connectivity index (χ3v) is 4.60. The summed E-state index contributed by atoms with van der Waals surface area (Å²) in [5, 5.41) is 20.1. The number of thioether (sulfide) groups is 1. The number of halogens is 1. The molecule has 1 aliphatic carbocycles. The summed E-state index contributed by atoms with van der Waals surface area (Å²) in [6.07, 6.45) is 1.84. The molecule has 1 N–H and O–H groups in total. The third kappa shape index (κ3) is 3.00. The molecule has 1 aromatic carbocycles. The number of rotatable bonds is 5. The Morgan fingerprint density at radius 2 is 2.25 bits per heavy atom. The van der Waals surface area contributed by atoms with E-state index in [1.165, 1.54) is 12.8 Å². The zero-order valence-electron chi connectivity index (χ0n) is 11.2. The Morgan fingerprint density at radius 1 is 1.45 bits per heavy atom. The molecule has 1 atom stereocenters. The van der Waals surface area contributed by atoms with Crippen LogP contribution in [0.25, 0.3) is 0 Å². The fourth-order valence-electron chi connectivity index (χ4n) is 2.17. The lowest BCUT2D eigenvalue weighted by Gasteiger charge is -2.11. The second kappa shape index (κ2) is 5.76. The van der Waals surface area contributed by atoms with Crippen molar-refractivity contribution in [2.75, 3.05) is 5.75 Å². The second-order valence-electron chi connectivity index (χ2n) is 5.01. The molecule has 0 bridgehead atoms. The predicted octanol–water partition coefficient (Wildman–Crippen LogP) is 3.40. The number of hydrogen-bond acceptors (Lipinski definition) is 4. The summed E-state index contributed by atoms with van der Waals surface area (Å²) in [4.78, 5) is 0. The lowest BCUT2D eigenvalue weighted by Crippen LogP contribution is -2.03. The van der Waals surface area contributed by atoms with Gasteiger partial charge in [0.05, 0.1) is 6.10 Å². The molecule has 3 rings (SSSR count). The van der Waals surface area contributed by atoms with E-state index in [1.807, 2.05) is 19.1 Å². The van der Waals surface area contributed by atoms with E-state index in [-0.39, 0.29) is 0 Å². The minimum atomic E-state index is -0.552. The quantitative estimate of drug-likeness (QED) is 0.860. The van der Waals surface area contributed by atoms with Gasteiger partial charge in [-0.2, -0.15) is 0 Å². The summed E-state index contributed by atoms with van der Waals surface area (Å²) in [5.74, 6) is 1.50. The normalized spacial score (nSPS) is 16.4. The molecule has 0 radical (unpaired) electrons. The van der Waals surface area contributed by atoms with Gasteiger partial charge in [0.15, 0.2) is 5.16 Å².